The zero-order valence-corrected chi connectivity index (χ0v) is 22.3. The van der Waals surface area contributed by atoms with Crippen molar-refractivity contribution < 1.29 is 23.4 Å². The molecule has 0 aliphatic carbocycles. The third-order valence-corrected chi connectivity index (χ3v) is 9.22. The van der Waals surface area contributed by atoms with Crippen molar-refractivity contribution >= 4 is 34.5 Å². The Hall–Kier alpha value is -2.90. The van der Waals surface area contributed by atoms with Crippen molar-refractivity contribution in [1.82, 2.24) is 0 Å². The first-order valence-electron chi connectivity index (χ1n) is 12.0. The van der Waals surface area contributed by atoms with E-state index in [-0.39, 0.29) is 6.10 Å². The van der Waals surface area contributed by atoms with E-state index in [9.17, 15) is 0 Å². The van der Waals surface area contributed by atoms with Crippen molar-refractivity contribution in [1.29, 1.82) is 0 Å². The lowest BCUT2D eigenvalue weighted by atomic mass is 10.1. The smallest absolute Gasteiger partial charge is 0.178 e. The average Bonchev–Trinajstić information content (AvgIpc) is 3.31. The van der Waals surface area contributed by atoms with Gasteiger partial charge in [0.1, 0.15) is 34.3 Å². The third-order valence-electron chi connectivity index (χ3n) is 6.23. The largest absolute Gasteiger partial charge is 0.497 e. The van der Waals surface area contributed by atoms with E-state index in [1.807, 2.05) is 66.0 Å². The van der Waals surface area contributed by atoms with Crippen LogP contribution >= 0.6 is 23.5 Å². The molecular weight excluding hydrogens is 492 g/mol. The molecule has 4 aromatic rings. The van der Waals surface area contributed by atoms with Crippen molar-refractivity contribution in [3.8, 4) is 34.3 Å². The quantitative estimate of drug-likeness (QED) is 0.222. The molecule has 36 heavy (non-hydrogen) atoms. The summed E-state index contributed by atoms with van der Waals surface area (Å²) in [7, 11) is 4.95. The summed E-state index contributed by atoms with van der Waals surface area (Å²) in [5.41, 5.74) is 2.70. The van der Waals surface area contributed by atoms with Gasteiger partial charge in [-0.1, -0.05) is 30.3 Å². The Morgan fingerprint density at radius 1 is 0.861 bits per heavy atom. The lowest BCUT2D eigenvalue weighted by Crippen LogP contribution is -2.16. The van der Waals surface area contributed by atoms with Crippen LogP contribution in [0.4, 0.5) is 0 Å². The highest BCUT2D eigenvalue weighted by Crippen LogP contribution is 2.49. The van der Waals surface area contributed by atoms with Crippen molar-refractivity contribution in [3.63, 3.8) is 0 Å². The first-order valence-corrected chi connectivity index (χ1v) is 14.1. The third kappa shape index (κ3) is 5.27. The van der Waals surface area contributed by atoms with Crippen LogP contribution in [0.1, 0.15) is 24.5 Å². The van der Waals surface area contributed by atoms with E-state index in [1.165, 1.54) is 17.9 Å². The number of thioether (sulfide) groups is 2. The first-order chi connectivity index (χ1) is 17.7. The highest BCUT2D eigenvalue weighted by Gasteiger charge is 2.28. The Kier molecular flexibility index (Phi) is 7.87. The molecule has 1 atom stereocenters. The molecule has 2 heterocycles. The van der Waals surface area contributed by atoms with Gasteiger partial charge < -0.3 is 23.4 Å². The van der Waals surface area contributed by atoms with Gasteiger partial charge in [-0.25, -0.2) is 0 Å². The maximum Gasteiger partial charge on any atom is 0.178 e. The topological polar surface area (TPSA) is 50.1 Å². The van der Waals surface area contributed by atoms with E-state index in [1.54, 1.807) is 21.3 Å². The number of methoxy groups -OCH3 is 3. The molecule has 0 saturated carbocycles. The molecule has 1 unspecified atom stereocenters. The summed E-state index contributed by atoms with van der Waals surface area (Å²) in [6, 6.07) is 22.0. The molecule has 0 bridgehead atoms. The van der Waals surface area contributed by atoms with Crippen LogP contribution in [0.25, 0.3) is 22.3 Å². The highest BCUT2D eigenvalue weighted by molar-refractivity contribution is 8.17. The Morgan fingerprint density at radius 2 is 1.58 bits per heavy atom. The summed E-state index contributed by atoms with van der Waals surface area (Å²) in [6.45, 7) is 0. The van der Waals surface area contributed by atoms with Crippen LogP contribution in [0.3, 0.4) is 0 Å². The molecule has 0 radical (unpaired) electrons. The van der Waals surface area contributed by atoms with Gasteiger partial charge in [-0.3, -0.25) is 0 Å². The van der Waals surface area contributed by atoms with Gasteiger partial charge in [-0.05, 0) is 47.8 Å². The molecule has 1 aliphatic rings. The second-order valence-corrected chi connectivity index (χ2v) is 11.4. The van der Waals surface area contributed by atoms with Crippen LogP contribution in [0.5, 0.6) is 23.0 Å². The summed E-state index contributed by atoms with van der Waals surface area (Å²) >= 11 is 4.05. The van der Waals surface area contributed by atoms with Crippen molar-refractivity contribution in [2.75, 3.05) is 32.8 Å². The normalized spacial score (nSPS) is 15.0. The number of hydrogen-bond acceptors (Lipinski definition) is 7. The number of fused-ring (bicyclic) bond motifs is 1. The van der Waals surface area contributed by atoms with Crippen LogP contribution in [-0.2, 0) is 0 Å². The minimum absolute atomic E-state index is 0.140. The van der Waals surface area contributed by atoms with Crippen LogP contribution < -0.4 is 18.9 Å². The fourth-order valence-corrected chi connectivity index (χ4v) is 7.29. The fourth-order valence-electron chi connectivity index (χ4n) is 4.37. The molecule has 5 nitrogen and oxygen atoms in total. The standard InChI is InChI=1S/C29H30O5S2/c1-30-21-12-10-20(11-13-21)28-29(27-24(32-3)16-22(31-2)17-25(27)34-28)33-23(19-8-5-4-6-9-19)18-26-35-14-7-15-36-26/h4-6,8-13,16-17,23,26H,7,14-15,18H2,1-3H3. The maximum absolute atomic E-state index is 6.94. The molecule has 0 spiro atoms. The van der Waals surface area contributed by atoms with E-state index in [0.717, 1.165) is 28.7 Å². The molecule has 1 fully saturated rings. The fraction of sp³-hybridized carbons (Fsp3) is 0.310. The Morgan fingerprint density at radius 3 is 2.25 bits per heavy atom. The highest BCUT2D eigenvalue weighted by atomic mass is 32.2. The second-order valence-electron chi connectivity index (χ2n) is 8.47. The van der Waals surface area contributed by atoms with Gasteiger partial charge in [0.05, 0.1) is 25.9 Å². The zero-order valence-electron chi connectivity index (χ0n) is 20.7. The monoisotopic (exact) mass is 522 g/mol. The summed E-state index contributed by atoms with van der Waals surface area (Å²) in [5, 5.41) is 0.800. The molecular formula is C29H30O5S2. The van der Waals surface area contributed by atoms with E-state index in [0.29, 0.717) is 33.2 Å². The van der Waals surface area contributed by atoms with E-state index < -0.39 is 0 Å². The van der Waals surface area contributed by atoms with Crippen molar-refractivity contribution in [2.24, 2.45) is 0 Å². The van der Waals surface area contributed by atoms with E-state index in [4.69, 9.17) is 23.4 Å². The molecule has 1 saturated heterocycles. The summed E-state index contributed by atoms with van der Waals surface area (Å²) < 4.78 is 30.5. The van der Waals surface area contributed by atoms with Gasteiger partial charge in [0.25, 0.3) is 0 Å². The first kappa shape index (κ1) is 24.8. The van der Waals surface area contributed by atoms with E-state index in [2.05, 4.69) is 24.3 Å². The van der Waals surface area contributed by atoms with Gasteiger partial charge in [0, 0.05) is 24.1 Å². The van der Waals surface area contributed by atoms with Crippen LogP contribution in [0.15, 0.2) is 71.1 Å². The van der Waals surface area contributed by atoms with Gasteiger partial charge in [-0.2, -0.15) is 0 Å². The molecule has 0 N–H and O–H groups in total. The van der Waals surface area contributed by atoms with Crippen LogP contribution in [-0.4, -0.2) is 37.4 Å². The lowest BCUT2D eigenvalue weighted by Gasteiger charge is -2.27. The minimum atomic E-state index is -0.140. The molecule has 7 heteroatoms. The molecule has 188 valence electrons. The number of hydrogen-bond donors (Lipinski definition) is 0. The van der Waals surface area contributed by atoms with Crippen LogP contribution in [0.2, 0.25) is 0 Å². The molecule has 1 aromatic heterocycles. The average molecular weight is 523 g/mol. The zero-order chi connectivity index (χ0) is 24.9. The lowest BCUT2D eigenvalue weighted by molar-refractivity contribution is 0.202. The minimum Gasteiger partial charge on any atom is -0.497 e. The van der Waals surface area contributed by atoms with Gasteiger partial charge in [0.2, 0.25) is 0 Å². The number of ether oxygens (including phenoxy) is 4. The van der Waals surface area contributed by atoms with Gasteiger partial charge in [0.15, 0.2) is 11.5 Å². The summed E-state index contributed by atoms with van der Waals surface area (Å²) in [5.74, 6) is 5.81. The van der Waals surface area contributed by atoms with Gasteiger partial charge >= 0.3 is 0 Å². The van der Waals surface area contributed by atoms with E-state index >= 15 is 0 Å². The molecule has 3 aromatic carbocycles. The van der Waals surface area contributed by atoms with Crippen LogP contribution in [0, 0.1) is 0 Å². The Labute approximate surface area is 220 Å². The molecule has 1 aliphatic heterocycles. The molecule has 5 rings (SSSR count). The number of furan rings is 1. The molecule has 0 amide bonds. The summed E-state index contributed by atoms with van der Waals surface area (Å²) in [6.07, 6.45) is 2.02. The predicted molar refractivity (Wildman–Crippen MR) is 149 cm³/mol. The Bertz CT molecular complexity index is 1280. The predicted octanol–water partition coefficient (Wildman–Crippen LogP) is 7.83. The van der Waals surface area contributed by atoms with Crippen molar-refractivity contribution in [3.05, 3.63) is 72.3 Å². The summed E-state index contributed by atoms with van der Waals surface area (Å²) in [4.78, 5) is 0. The van der Waals surface area contributed by atoms with Gasteiger partial charge in [-0.15, -0.1) is 23.5 Å². The number of rotatable bonds is 9. The second kappa shape index (κ2) is 11.4. The van der Waals surface area contributed by atoms with Crippen molar-refractivity contribution in [2.45, 2.75) is 23.5 Å². The SMILES string of the molecule is COc1ccc(-c2oc3cc(OC)cc(OC)c3c2OC(CC2SCCCS2)c2ccccc2)cc1. The Balaban J connectivity index is 1.63. The maximum atomic E-state index is 6.94. The number of benzene rings is 3.